The Balaban J connectivity index is 0.000000320. The summed E-state index contributed by atoms with van der Waals surface area (Å²) in [5.74, 6) is -6.62. The molecule has 1 aliphatic heterocycles. The molecule has 0 spiro atoms. The smallest absolute Gasteiger partial charge is 0.451 e. The predicted molar refractivity (Wildman–Crippen MR) is 119 cm³/mol. The van der Waals surface area contributed by atoms with Gasteiger partial charge in [-0.25, -0.2) is 13.2 Å². The number of hydrogen-bond acceptors (Lipinski definition) is 7. The number of amides is 1. The zero-order valence-corrected chi connectivity index (χ0v) is 20.0. The average molecular weight is 558 g/mol. The monoisotopic (exact) mass is 558 g/mol. The Bertz CT molecular complexity index is 1320. The third-order valence-electron chi connectivity index (χ3n) is 5.71. The van der Waals surface area contributed by atoms with Crippen LogP contribution in [0.5, 0.6) is 0 Å². The van der Waals surface area contributed by atoms with Crippen molar-refractivity contribution in [3.05, 3.63) is 82.7 Å². The molecular weight excluding hydrogens is 536 g/mol. The van der Waals surface area contributed by atoms with Crippen LogP contribution in [-0.4, -0.2) is 49.2 Å². The summed E-state index contributed by atoms with van der Waals surface area (Å²) in [7, 11) is 0. The van der Waals surface area contributed by atoms with Crippen LogP contribution >= 0.6 is 0 Å². The van der Waals surface area contributed by atoms with Gasteiger partial charge in [-0.2, -0.15) is 13.2 Å². The van der Waals surface area contributed by atoms with Gasteiger partial charge in [-0.3, -0.25) is 4.79 Å². The van der Waals surface area contributed by atoms with Gasteiger partial charge in [0.05, 0.1) is 12.5 Å². The average Bonchev–Trinajstić information content (AvgIpc) is 3.32. The largest absolute Gasteiger partial charge is 0.547 e. The van der Waals surface area contributed by atoms with Gasteiger partial charge in [0.25, 0.3) is 0 Å². The van der Waals surface area contributed by atoms with Crippen LogP contribution < -0.4 is 10.8 Å². The maximum Gasteiger partial charge on any atom is 0.451 e. The van der Waals surface area contributed by atoms with Gasteiger partial charge >= 0.3 is 6.18 Å². The Morgan fingerprint density at radius 3 is 2.28 bits per heavy atom. The van der Waals surface area contributed by atoms with E-state index in [1.165, 1.54) is 17.0 Å². The minimum absolute atomic E-state index is 0.000783. The lowest BCUT2D eigenvalue weighted by atomic mass is 10.0. The zero-order chi connectivity index (χ0) is 28.9. The van der Waals surface area contributed by atoms with E-state index in [1.54, 1.807) is 18.2 Å². The molecule has 0 saturated heterocycles. The van der Waals surface area contributed by atoms with Crippen LogP contribution in [0.15, 0.2) is 42.5 Å². The van der Waals surface area contributed by atoms with Gasteiger partial charge in [0.15, 0.2) is 17.5 Å². The van der Waals surface area contributed by atoms with Gasteiger partial charge in [0.1, 0.15) is 11.9 Å². The second-order valence-electron chi connectivity index (χ2n) is 8.56. The number of fused-ring (bicyclic) bond motifs is 1. The number of aromatic nitrogens is 3. The van der Waals surface area contributed by atoms with E-state index in [1.807, 2.05) is 0 Å². The molecule has 0 aliphatic carbocycles. The first-order valence-electron chi connectivity index (χ1n) is 11.4. The van der Waals surface area contributed by atoms with Gasteiger partial charge in [-0.15, -0.1) is 10.2 Å². The normalized spacial score (nSPS) is 14.6. The molecule has 2 aromatic carbocycles. The van der Waals surface area contributed by atoms with Gasteiger partial charge < -0.3 is 30.2 Å². The van der Waals surface area contributed by atoms with Crippen LogP contribution in [-0.2, 0) is 35.3 Å². The van der Waals surface area contributed by atoms with Crippen molar-refractivity contribution >= 4 is 11.9 Å². The Hall–Kier alpha value is -3.98. The Morgan fingerprint density at radius 1 is 1.03 bits per heavy atom. The summed E-state index contributed by atoms with van der Waals surface area (Å²) in [5.41, 5.74) is 5.98. The van der Waals surface area contributed by atoms with Gasteiger partial charge in [-0.1, -0.05) is 30.3 Å². The van der Waals surface area contributed by atoms with Crippen molar-refractivity contribution in [2.75, 3.05) is 6.54 Å². The maximum atomic E-state index is 13.7. The van der Waals surface area contributed by atoms with Gasteiger partial charge in [-0.05, 0) is 23.6 Å². The second kappa shape index (κ2) is 12.3. The number of benzene rings is 2. The van der Waals surface area contributed by atoms with Gasteiger partial charge in [0.2, 0.25) is 11.7 Å². The highest BCUT2D eigenvalue weighted by Gasteiger charge is 2.40. The molecule has 0 radical (unpaired) electrons. The molecule has 39 heavy (non-hydrogen) atoms. The van der Waals surface area contributed by atoms with Crippen molar-refractivity contribution in [1.29, 1.82) is 0 Å². The predicted octanol–water partition coefficient (Wildman–Crippen LogP) is 1.49. The van der Waals surface area contributed by atoms with E-state index in [0.717, 1.165) is 4.57 Å². The molecule has 210 valence electrons. The number of aliphatic hydroxyl groups is 1. The number of carbonyl (C=O) groups excluding carboxylic acids is 2. The first-order chi connectivity index (χ1) is 18.3. The second-order valence-corrected chi connectivity index (χ2v) is 8.56. The molecule has 3 N–H and O–H groups in total. The molecule has 0 fully saturated rings. The van der Waals surface area contributed by atoms with Crippen molar-refractivity contribution in [2.45, 2.75) is 44.3 Å². The van der Waals surface area contributed by atoms with Crippen LogP contribution in [0.1, 0.15) is 35.3 Å². The van der Waals surface area contributed by atoms with Crippen LogP contribution in [0.4, 0.5) is 26.3 Å². The number of nitrogens with zero attached hydrogens (tertiary/aromatic N) is 4. The molecule has 1 aliphatic rings. The molecule has 9 nitrogen and oxygen atoms in total. The van der Waals surface area contributed by atoms with E-state index in [4.69, 9.17) is 10.8 Å². The SMILES string of the molecule is N[C@@H](CC(=O)N1CCn2c(nnc2C(F)(F)F)C1)Cc1cc(F)c(F)cc1F.O=C([O-])C(O)c1ccccc1. The zero-order valence-electron chi connectivity index (χ0n) is 20.0. The molecule has 1 aromatic heterocycles. The van der Waals surface area contributed by atoms with E-state index < -0.39 is 53.5 Å². The molecule has 3 aromatic rings. The molecule has 2 atom stereocenters. The van der Waals surface area contributed by atoms with Crippen molar-refractivity contribution in [1.82, 2.24) is 19.7 Å². The lowest BCUT2D eigenvalue weighted by Crippen LogP contribution is -2.42. The third kappa shape index (κ3) is 7.54. The van der Waals surface area contributed by atoms with Crippen LogP contribution in [0.25, 0.3) is 0 Å². The summed E-state index contributed by atoms with van der Waals surface area (Å²) in [5, 5.41) is 25.7. The minimum atomic E-state index is -4.64. The van der Waals surface area contributed by atoms with Crippen molar-refractivity contribution < 1.29 is 46.1 Å². The third-order valence-corrected chi connectivity index (χ3v) is 5.71. The Labute approximate surface area is 217 Å². The number of aliphatic hydroxyl groups excluding tert-OH is 1. The van der Waals surface area contributed by atoms with E-state index in [9.17, 15) is 41.0 Å². The fraction of sp³-hybridized carbons (Fsp3) is 0.333. The summed E-state index contributed by atoms with van der Waals surface area (Å²) >= 11 is 0. The molecule has 1 unspecified atom stereocenters. The molecule has 2 heterocycles. The quantitative estimate of drug-likeness (QED) is 0.346. The molecule has 0 bridgehead atoms. The number of carboxylic acid groups (broad SMARTS) is 1. The van der Waals surface area contributed by atoms with E-state index in [-0.39, 0.29) is 43.9 Å². The van der Waals surface area contributed by atoms with E-state index >= 15 is 0 Å². The van der Waals surface area contributed by atoms with Crippen LogP contribution in [0, 0.1) is 17.5 Å². The summed E-state index contributed by atoms with van der Waals surface area (Å²) in [4.78, 5) is 23.8. The summed E-state index contributed by atoms with van der Waals surface area (Å²) < 4.78 is 79.3. The summed E-state index contributed by atoms with van der Waals surface area (Å²) in [6.07, 6.45) is -6.62. The number of rotatable bonds is 6. The first kappa shape index (κ1) is 29.6. The molecule has 1 amide bonds. The number of halogens is 6. The first-order valence-corrected chi connectivity index (χ1v) is 11.4. The minimum Gasteiger partial charge on any atom is -0.547 e. The molecule has 0 saturated carbocycles. The number of hydrogen-bond donors (Lipinski definition) is 2. The van der Waals surface area contributed by atoms with Gasteiger partial charge in [0, 0.05) is 31.6 Å². The highest BCUT2D eigenvalue weighted by Crippen LogP contribution is 2.29. The highest BCUT2D eigenvalue weighted by molar-refractivity contribution is 5.77. The van der Waals surface area contributed by atoms with Crippen molar-refractivity contribution in [3.8, 4) is 0 Å². The number of carboxylic acids is 1. The molecule has 4 rings (SSSR count). The van der Waals surface area contributed by atoms with Crippen molar-refractivity contribution in [2.24, 2.45) is 5.73 Å². The van der Waals surface area contributed by atoms with Crippen LogP contribution in [0.2, 0.25) is 0 Å². The molecule has 15 heteroatoms. The Morgan fingerprint density at radius 2 is 1.67 bits per heavy atom. The van der Waals surface area contributed by atoms with Crippen molar-refractivity contribution in [3.63, 3.8) is 0 Å². The lowest BCUT2D eigenvalue weighted by molar-refractivity contribution is -0.315. The number of alkyl halides is 3. The maximum absolute atomic E-state index is 13.7. The fourth-order valence-electron chi connectivity index (χ4n) is 3.78. The number of nitrogens with two attached hydrogens (primary N) is 1. The summed E-state index contributed by atoms with van der Waals surface area (Å²) in [6.45, 7) is -0.302. The standard InChI is InChI=1S/C16H15F6N5O.C8H8O3/c17-10-6-12(19)11(18)4-8(10)3-9(23)5-14(28)26-1-2-27-13(7-26)24-25-15(27)16(20,21)22;9-7(8(10)11)6-4-2-1-3-5-6/h4,6,9H,1-3,5,7,23H2;1-5,7,9H,(H,10,11)/p-1/t9-;/m1./s1. The fourth-order valence-corrected chi connectivity index (χ4v) is 3.78. The number of aliphatic carboxylic acids is 1. The topological polar surface area (TPSA) is 137 Å². The number of carbonyl (C=O) groups is 2. The highest BCUT2D eigenvalue weighted by atomic mass is 19.4. The summed E-state index contributed by atoms with van der Waals surface area (Å²) in [6, 6.07) is 8.29. The van der Waals surface area contributed by atoms with E-state index in [0.29, 0.717) is 17.7 Å². The van der Waals surface area contributed by atoms with E-state index in [2.05, 4.69) is 10.2 Å². The van der Waals surface area contributed by atoms with Crippen LogP contribution in [0.3, 0.4) is 0 Å². The Kier molecular flexibility index (Phi) is 9.29. The lowest BCUT2D eigenvalue weighted by Gasteiger charge is -2.29. The molecular formula is C24H22F6N5O4-.